The summed E-state index contributed by atoms with van der Waals surface area (Å²) in [6.45, 7) is 1.14. The van der Waals surface area contributed by atoms with Crippen molar-refractivity contribution < 1.29 is 14.3 Å². The van der Waals surface area contributed by atoms with E-state index >= 15 is 0 Å². The molecule has 7 heteroatoms. The highest BCUT2D eigenvalue weighted by atomic mass is 35.5. The fourth-order valence-corrected chi connectivity index (χ4v) is 3.06. The van der Waals surface area contributed by atoms with E-state index in [1.807, 2.05) is 0 Å². The summed E-state index contributed by atoms with van der Waals surface area (Å²) in [4.78, 5) is 26.1. The second-order valence-corrected chi connectivity index (χ2v) is 6.25. The van der Waals surface area contributed by atoms with Gasteiger partial charge in [0.25, 0.3) is 0 Å². The van der Waals surface area contributed by atoms with Gasteiger partial charge in [-0.05, 0) is 37.5 Å². The highest BCUT2D eigenvalue weighted by Gasteiger charge is 2.35. The van der Waals surface area contributed by atoms with E-state index in [0.717, 1.165) is 6.42 Å². The van der Waals surface area contributed by atoms with Crippen LogP contribution in [0.3, 0.4) is 0 Å². The predicted molar refractivity (Wildman–Crippen MR) is 84.3 cm³/mol. The second-order valence-electron chi connectivity index (χ2n) is 5.44. The van der Waals surface area contributed by atoms with E-state index in [2.05, 4.69) is 5.32 Å². The van der Waals surface area contributed by atoms with Crippen molar-refractivity contribution in [3.8, 4) is 0 Å². The summed E-state index contributed by atoms with van der Waals surface area (Å²) < 4.78 is 5.33. The van der Waals surface area contributed by atoms with Crippen molar-refractivity contribution in [2.24, 2.45) is 0 Å². The Bertz CT molecular complexity index is 602. The van der Waals surface area contributed by atoms with Gasteiger partial charge in [0.1, 0.15) is 12.1 Å². The summed E-state index contributed by atoms with van der Waals surface area (Å²) in [5, 5.41) is 3.63. The van der Waals surface area contributed by atoms with Gasteiger partial charge < -0.3 is 15.0 Å². The van der Waals surface area contributed by atoms with E-state index in [1.165, 1.54) is 0 Å². The quantitative estimate of drug-likeness (QED) is 0.917. The zero-order chi connectivity index (χ0) is 15.7. The van der Waals surface area contributed by atoms with E-state index in [0.29, 0.717) is 41.7 Å². The van der Waals surface area contributed by atoms with Crippen LogP contribution in [0.1, 0.15) is 19.3 Å². The topological polar surface area (TPSA) is 58.6 Å². The van der Waals surface area contributed by atoms with Crippen LogP contribution in [0.2, 0.25) is 10.0 Å². The number of hydrogen-bond donors (Lipinski definition) is 1. The lowest BCUT2D eigenvalue weighted by Gasteiger charge is -2.18. The number of carbonyl (C=O) groups excluding carboxylic acids is 2. The van der Waals surface area contributed by atoms with Gasteiger partial charge in [0.05, 0.1) is 10.0 Å². The Kier molecular flexibility index (Phi) is 4.57. The van der Waals surface area contributed by atoms with Crippen molar-refractivity contribution in [2.75, 3.05) is 18.1 Å². The molecule has 0 spiro atoms. The average molecular weight is 343 g/mol. The molecule has 3 rings (SSSR count). The molecule has 0 unspecified atom stereocenters. The molecule has 2 aliphatic rings. The summed E-state index contributed by atoms with van der Waals surface area (Å²) >= 11 is 11.9. The third kappa shape index (κ3) is 3.07. The number of ether oxygens (including phenoxy) is 1. The Hall–Kier alpha value is -1.30. The lowest BCUT2D eigenvalue weighted by atomic mass is 10.2. The van der Waals surface area contributed by atoms with Gasteiger partial charge in [-0.15, -0.1) is 0 Å². The van der Waals surface area contributed by atoms with E-state index in [9.17, 15) is 9.59 Å². The van der Waals surface area contributed by atoms with Crippen LogP contribution in [0.4, 0.5) is 5.69 Å². The number of carbonyl (C=O) groups is 2. The summed E-state index contributed by atoms with van der Waals surface area (Å²) in [7, 11) is 0. The van der Waals surface area contributed by atoms with Crippen molar-refractivity contribution in [1.82, 2.24) is 5.32 Å². The third-order valence-electron chi connectivity index (χ3n) is 3.96. The number of halogens is 2. The van der Waals surface area contributed by atoms with Crippen LogP contribution >= 0.6 is 23.2 Å². The molecule has 2 aliphatic heterocycles. The monoisotopic (exact) mass is 342 g/mol. The molecule has 22 heavy (non-hydrogen) atoms. The van der Waals surface area contributed by atoms with Crippen molar-refractivity contribution in [2.45, 2.75) is 31.4 Å². The fraction of sp³-hybridized carbons (Fsp3) is 0.467. The smallest absolute Gasteiger partial charge is 0.249 e. The minimum absolute atomic E-state index is 0.135. The molecule has 0 radical (unpaired) electrons. The molecule has 2 amide bonds. The highest BCUT2D eigenvalue weighted by molar-refractivity contribution is 6.42. The molecule has 118 valence electrons. The van der Waals surface area contributed by atoms with E-state index in [4.69, 9.17) is 27.9 Å². The molecular formula is C15H16Cl2N2O3. The van der Waals surface area contributed by atoms with E-state index < -0.39 is 12.1 Å². The number of nitrogens with one attached hydrogen (secondary N) is 1. The first-order chi connectivity index (χ1) is 10.6. The van der Waals surface area contributed by atoms with Crippen LogP contribution in [0, 0.1) is 0 Å². The zero-order valence-corrected chi connectivity index (χ0v) is 13.4. The Morgan fingerprint density at radius 1 is 1.27 bits per heavy atom. The lowest BCUT2D eigenvalue weighted by Crippen LogP contribution is -2.45. The van der Waals surface area contributed by atoms with Crippen molar-refractivity contribution >= 4 is 40.7 Å². The summed E-state index contributed by atoms with van der Waals surface area (Å²) in [6, 6.07) is 4.55. The largest absolute Gasteiger partial charge is 0.368 e. The molecule has 2 fully saturated rings. The first-order valence-electron chi connectivity index (χ1n) is 7.24. The van der Waals surface area contributed by atoms with Crippen LogP contribution in [-0.2, 0) is 14.3 Å². The summed E-state index contributed by atoms with van der Waals surface area (Å²) in [5.74, 6) is -0.337. The predicted octanol–water partition coefficient (Wildman–Crippen LogP) is 2.39. The first-order valence-corrected chi connectivity index (χ1v) is 8.00. The van der Waals surface area contributed by atoms with Gasteiger partial charge in [0, 0.05) is 18.8 Å². The van der Waals surface area contributed by atoms with Gasteiger partial charge in [-0.3, -0.25) is 9.59 Å². The van der Waals surface area contributed by atoms with Gasteiger partial charge in [-0.1, -0.05) is 23.2 Å². The van der Waals surface area contributed by atoms with Crippen LogP contribution < -0.4 is 10.2 Å². The van der Waals surface area contributed by atoms with Gasteiger partial charge >= 0.3 is 0 Å². The fourth-order valence-electron chi connectivity index (χ4n) is 2.77. The average Bonchev–Trinajstić information content (AvgIpc) is 3.13. The van der Waals surface area contributed by atoms with Crippen molar-refractivity contribution in [3.05, 3.63) is 28.2 Å². The van der Waals surface area contributed by atoms with Crippen LogP contribution in [0.5, 0.6) is 0 Å². The molecule has 0 aliphatic carbocycles. The van der Waals surface area contributed by atoms with Crippen molar-refractivity contribution in [1.29, 1.82) is 0 Å². The summed E-state index contributed by atoms with van der Waals surface area (Å²) in [6.07, 6.45) is 1.74. The highest BCUT2D eigenvalue weighted by Crippen LogP contribution is 2.29. The number of anilines is 1. The van der Waals surface area contributed by atoms with Crippen LogP contribution in [-0.4, -0.2) is 37.1 Å². The molecule has 0 bridgehead atoms. The number of nitrogens with zero attached hydrogens (tertiary/aromatic N) is 1. The summed E-state index contributed by atoms with van der Waals surface area (Å²) in [5.41, 5.74) is 0.688. The molecule has 0 saturated carbocycles. The Balaban J connectivity index is 1.66. The molecule has 5 nitrogen and oxygen atoms in total. The molecular weight excluding hydrogens is 327 g/mol. The van der Waals surface area contributed by atoms with Crippen molar-refractivity contribution in [3.63, 3.8) is 0 Å². The Labute approximate surface area is 138 Å². The SMILES string of the molecule is O=C(N[C@H]1CCN(c2ccc(Cl)c(Cl)c2)C1=O)[C@@H]1CCCO1. The van der Waals surface area contributed by atoms with Gasteiger partial charge in [0.2, 0.25) is 11.8 Å². The van der Waals surface area contributed by atoms with E-state index in [-0.39, 0.29) is 11.8 Å². The molecule has 1 aromatic carbocycles. The maximum absolute atomic E-state index is 12.4. The zero-order valence-electron chi connectivity index (χ0n) is 11.9. The van der Waals surface area contributed by atoms with Crippen LogP contribution in [0.25, 0.3) is 0 Å². The Morgan fingerprint density at radius 3 is 2.77 bits per heavy atom. The molecule has 0 aromatic heterocycles. The molecule has 2 atom stereocenters. The van der Waals surface area contributed by atoms with Gasteiger partial charge in [-0.25, -0.2) is 0 Å². The Morgan fingerprint density at radius 2 is 2.09 bits per heavy atom. The minimum Gasteiger partial charge on any atom is -0.368 e. The third-order valence-corrected chi connectivity index (χ3v) is 4.70. The number of amides is 2. The second kappa shape index (κ2) is 6.44. The van der Waals surface area contributed by atoms with Gasteiger partial charge in [-0.2, -0.15) is 0 Å². The number of rotatable bonds is 3. The molecule has 2 heterocycles. The van der Waals surface area contributed by atoms with E-state index in [1.54, 1.807) is 23.1 Å². The minimum atomic E-state index is -0.508. The lowest BCUT2D eigenvalue weighted by molar-refractivity contribution is -0.133. The number of benzene rings is 1. The standard InChI is InChI=1S/C15H16Cl2N2O3/c16-10-4-3-9(8-11(10)17)19-6-5-12(15(19)21)18-14(20)13-2-1-7-22-13/h3-4,8,12-13H,1-2,5-7H2,(H,18,20)/t12-,13-/m0/s1. The normalized spacial score (nSPS) is 24.8. The molecule has 1 aromatic rings. The first kappa shape index (κ1) is 15.6. The number of hydrogen-bond acceptors (Lipinski definition) is 3. The maximum Gasteiger partial charge on any atom is 0.249 e. The van der Waals surface area contributed by atoms with Crippen LogP contribution in [0.15, 0.2) is 18.2 Å². The molecule has 1 N–H and O–H groups in total. The molecule has 2 saturated heterocycles. The maximum atomic E-state index is 12.4. The van der Waals surface area contributed by atoms with Gasteiger partial charge in [0.15, 0.2) is 0 Å².